The van der Waals surface area contributed by atoms with Gasteiger partial charge in [0.25, 0.3) is 10.0 Å². The summed E-state index contributed by atoms with van der Waals surface area (Å²) in [6.07, 6.45) is 1.92. The number of anilines is 1. The van der Waals surface area contributed by atoms with Crippen molar-refractivity contribution in [2.45, 2.75) is 30.2 Å². The molecule has 3 rings (SSSR count). The molecule has 0 fully saturated rings. The molecule has 0 radical (unpaired) electrons. The standard InChI is InChI=1S/C26H30N2O5S2/c1-4-32-24-12-8-6-10-20(24)18-27-26(29)19-28(23-11-7-9-13-25(23)33-5-2)35(30,31)22-16-14-21(34-3)15-17-22/h6-17H,4-5,18-19H2,1-3H3,(H,27,29). The molecule has 0 heterocycles. The van der Waals surface area contributed by atoms with E-state index in [9.17, 15) is 13.2 Å². The largest absolute Gasteiger partial charge is 0.494 e. The second kappa shape index (κ2) is 12.5. The number of hydrogen-bond acceptors (Lipinski definition) is 6. The van der Waals surface area contributed by atoms with Gasteiger partial charge in [-0.05, 0) is 62.6 Å². The fourth-order valence-electron chi connectivity index (χ4n) is 3.44. The molecule has 1 N–H and O–H groups in total. The number of carbonyl (C=O) groups is 1. The molecule has 0 saturated heterocycles. The van der Waals surface area contributed by atoms with E-state index in [2.05, 4.69) is 5.32 Å². The zero-order chi connectivity index (χ0) is 25.3. The summed E-state index contributed by atoms with van der Waals surface area (Å²) in [6, 6.07) is 20.8. The van der Waals surface area contributed by atoms with E-state index in [1.54, 1.807) is 48.5 Å². The van der Waals surface area contributed by atoms with E-state index in [4.69, 9.17) is 9.47 Å². The third-order valence-corrected chi connectivity index (χ3v) is 7.63. The summed E-state index contributed by atoms with van der Waals surface area (Å²) in [5.41, 5.74) is 1.10. The molecule has 0 saturated carbocycles. The molecule has 3 aromatic carbocycles. The van der Waals surface area contributed by atoms with Gasteiger partial charge in [-0.1, -0.05) is 30.3 Å². The first-order chi connectivity index (χ1) is 16.9. The maximum absolute atomic E-state index is 13.7. The van der Waals surface area contributed by atoms with Crippen molar-refractivity contribution in [3.05, 3.63) is 78.4 Å². The number of rotatable bonds is 12. The first kappa shape index (κ1) is 26.4. The highest BCUT2D eigenvalue weighted by molar-refractivity contribution is 7.98. The molecule has 0 atom stereocenters. The van der Waals surface area contributed by atoms with Crippen molar-refractivity contribution in [2.75, 3.05) is 30.3 Å². The maximum atomic E-state index is 13.7. The minimum absolute atomic E-state index is 0.0936. The summed E-state index contributed by atoms with van der Waals surface area (Å²) in [4.78, 5) is 14.0. The number of para-hydroxylation sites is 3. The van der Waals surface area contributed by atoms with E-state index in [-0.39, 0.29) is 11.4 Å². The zero-order valence-electron chi connectivity index (χ0n) is 20.1. The van der Waals surface area contributed by atoms with Crippen molar-refractivity contribution in [1.29, 1.82) is 0 Å². The van der Waals surface area contributed by atoms with Gasteiger partial charge in [-0.15, -0.1) is 11.8 Å². The summed E-state index contributed by atoms with van der Waals surface area (Å²) in [6.45, 7) is 4.36. The third kappa shape index (κ3) is 6.70. The SMILES string of the molecule is CCOc1ccccc1CNC(=O)CN(c1ccccc1OCC)S(=O)(=O)c1ccc(SC)cc1. The average Bonchev–Trinajstić information content (AvgIpc) is 2.87. The molecule has 7 nitrogen and oxygen atoms in total. The van der Waals surface area contributed by atoms with Gasteiger partial charge in [0, 0.05) is 17.0 Å². The number of sulfonamides is 1. The number of thioether (sulfide) groups is 1. The molecule has 0 aromatic heterocycles. The molecule has 0 bridgehead atoms. The highest BCUT2D eigenvalue weighted by Crippen LogP contribution is 2.33. The van der Waals surface area contributed by atoms with Crippen LogP contribution in [-0.4, -0.2) is 40.3 Å². The Hall–Kier alpha value is -3.17. The molecule has 0 aliphatic carbocycles. The van der Waals surface area contributed by atoms with Gasteiger partial charge in [0.15, 0.2) is 0 Å². The lowest BCUT2D eigenvalue weighted by atomic mass is 10.2. The lowest BCUT2D eigenvalue weighted by Crippen LogP contribution is -2.41. The van der Waals surface area contributed by atoms with Gasteiger partial charge in [0.1, 0.15) is 18.0 Å². The van der Waals surface area contributed by atoms with Crippen molar-refractivity contribution in [2.24, 2.45) is 0 Å². The number of amides is 1. The predicted molar refractivity (Wildman–Crippen MR) is 140 cm³/mol. The fraction of sp³-hybridized carbons (Fsp3) is 0.269. The van der Waals surface area contributed by atoms with Crippen LogP contribution in [0.2, 0.25) is 0 Å². The fourth-order valence-corrected chi connectivity index (χ4v) is 5.28. The van der Waals surface area contributed by atoms with Gasteiger partial charge in [-0.2, -0.15) is 0 Å². The Labute approximate surface area is 211 Å². The summed E-state index contributed by atoms with van der Waals surface area (Å²) in [7, 11) is -4.06. The summed E-state index contributed by atoms with van der Waals surface area (Å²) >= 11 is 1.52. The molecule has 3 aromatic rings. The number of nitrogens with zero attached hydrogens (tertiary/aromatic N) is 1. The van der Waals surface area contributed by atoms with Crippen LogP contribution in [0.15, 0.2) is 82.6 Å². The van der Waals surface area contributed by atoms with E-state index < -0.39 is 22.5 Å². The number of benzene rings is 3. The van der Waals surface area contributed by atoms with Gasteiger partial charge in [0.05, 0.1) is 23.8 Å². The van der Waals surface area contributed by atoms with E-state index in [0.717, 1.165) is 14.8 Å². The van der Waals surface area contributed by atoms with Gasteiger partial charge >= 0.3 is 0 Å². The quantitative estimate of drug-likeness (QED) is 0.352. The van der Waals surface area contributed by atoms with Crippen LogP contribution in [-0.2, 0) is 21.4 Å². The van der Waals surface area contributed by atoms with E-state index in [1.165, 1.54) is 11.8 Å². The minimum Gasteiger partial charge on any atom is -0.494 e. The van der Waals surface area contributed by atoms with Crippen LogP contribution in [0.3, 0.4) is 0 Å². The molecule has 0 unspecified atom stereocenters. The van der Waals surface area contributed by atoms with Crippen molar-refractivity contribution < 1.29 is 22.7 Å². The van der Waals surface area contributed by atoms with Crippen molar-refractivity contribution in [3.8, 4) is 11.5 Å². The molecule has 35 heavy (non-hydrogen) atoms. The van der Waals surface area contributed by atoms with Crippen LogP contribution in [0.4, 0.5) is 5.69 Å². The normalized spacial score (nSPS) is 11.1. The Morgan fingerprint density at radius 1 is 0.886 bits per heavy atom. The number of carbonyl (C=O) groups excluding carboxylic acids is 1. The number of ether oxygens (including phenoxy) is 2. The second-order valence-corrected chi connectivity index (χ2v) is 10.1. The molecule has 1 amide bonds. The molecule has 0 aliphatic heterocycles. The molecule has 186 valence electrons. The lowest BCUT2D eigenvalue weighted by molar-refractivity contribution is -0.119. The topological polar surface area (TPSA) is 84.9 Å². The first-order valence-corrected chi connectivity index (χ1v) is 13.9. The molecule has 0 spiro atoms. The first-order valence-electron chi connectivity index (χ1n) is 11.3. The van der Waals surface area contributed by atoms with E-state index in [1.807, 2.05) is 44.4 Å². The van der Waals surface area contributed by atoms with Crippen LogP contribution >= 0.6 is 11.8 Å². The van der Waals surface area contributed by atoms with Gasteiger partial charge in [-0.25, -0.2) is 8.42 Å². The Morgan fingerprint density at radius 3 is 2.14 bits per heavy atom. The van der Waals surface area contributed by atoms with Crippen molar-refractivity contribution >= 4 is 33.4 Å². The van der Waals surface area contributed by atoms with Gasteiger partial charge < -0.3 is 14.8 Å². The zero-order valence-corrected chi connectivity index (χ0v) is 21.7. The van der Waals surface area contributed by atoms with Gasteiger partial charge in [-0.3, -0.25) is 9.10 Å². The Morgan fingerprint density at radius 2 is 1.49 bits per heavy atom. The van der Waals surface area contributed by atoms with E-state index in [0.29, 0.717) is 30.4 Å². The maximum Gasteiger partial charge on any atom is 0.264 e. The summed E-state index contributed by atoms with van der Waals surface area (Å²) in [5.74, 6) is 0.607. The molecule has 9 heteroatoms. The molecular weight excluding hydrogens is 484 g/mol. The van der Waals surface area contributed by atoms with Crippen LogP contribution in [0.1, 0.15) is 19.4 Å². The average molecular weight is 515 g/mol. The summed E-state index contributed by atoms with van der Waals surface area (Å²) in [5, 5.41) is 2.82. The Kier molecular flexibility index (Phi) is 9.45. The minimum atomic E-state index is -4.06. The highest BCUT2D eigenvalue weighted by atomic mass is 32.2. The monoisotopic (exact) mass is 514 g/mol. The lowest BCUT2D eigenvalue weighted by Gasteiger charge is -2.26. The Balaban J connectivity index is 1.91. The van der Waals surface area contributed by atoms with Gasteiger partial charge in [0.2, 0.25) is 5.91 Å². The summed E-state index contributed by atoms with van der Waals surface area (Å²) < 4.78 is 39.8. The van der Waals surface area contributed by atoms with Crippen LogP contribution in [0.5, 0.6) is 11.5 Å². The van der Waals surface area contributed by atoms with Crippen molar-refractivity contribution in [1.82, 2.24) is 5.32 Å². The van der Waals surface area contributed by atoms with Crippen LogP contribution in [0.25, 0.3) is 0 Å². The molecular formula is C26H30N2O5S2. The second-order valence-electron chi connectivity index (χ2n) is 7.41. The van der Waals surface area contributed by atoms with Crippen LogP contribution < -0.4 is 19.1 Å². The van der Waals surface area contributed by atoms with Crippen LogP contribution in [0, 0.1) is 0 Å². The Bertz CT molecular complexity index is 1230. The number of nitrogens with one attached hydrogen (secondary N) is 1. The highest BCUT2D eigenvalue weighted by Gasteiger charge is 2.29. The number of hydrogen-bond donors (Lipinski definition) is 1. The predicted octanol–water partition coefficient (Wildman–Crippen LogP) is 4.72. The van der Waals surface area contributed by atoms with E-state index >= 15 is 0 Å². The third-order valence-electron chi connectivity index (χ3n) is 5.12. The smallest absolute Gasteiger partial charge is 0.264 e. The van der Waals surface area contributed by atoms with Crippen molar-refractivity contribution in [3.63, 3.8) is 0 Å². The molecule has 0 aliphatic rings.